The van der Waals surface area contributed by atoms with Gasteiger partial charge in [0.25, 0.3) is 0 Å². The Bertz CT molecular complexity index is 318. The summed E-state index contributed by atoms with van der Waals surface area (Å²) in [6, 6.07) is 2.01. The molecule has 0 unspecified atom stereocenters. The van der Waals surface area contributed by atoms with Gasteiger partial charge in [0.05, 0.1) is 13.2 Å². The van der Waals surface area contributed by atoms with Crippen molar-refractivity contribution in [1.82, 2.24) is 0 Å². The Labute approximate surface area is 80.1 Å². The van der Waals surface area contributed by atoms with Gasteiger partial charge in [-0.1, -0.05) is 0 Å². The highest BCUT2D eigenvalue weighted by Gasteiger charge is 2.08. The highest BCUT2D eigenvalue weighted by molar-refractivity contribution is 5.28. The molecule has 1 aromatic carbocycles. The predicted octanol–water partition coefficient (Wildman–Crippen LogP) is 0.890. The second-order valence-corrected chi connectivity index (χ2v) is 2.81. The molecule has 0 spiro atoms. The number of nitrogens with two attached hydrogens (primary N) is 1. The van der Waals surface area contributed by atoms with Crippen molar-refractivity contribution in [3.63, 3.8) is 0 Å². The van der Waals surface area contributed by atoms with E-state index in [-0.39, 0.29) is 13.2 Å². The summed E-state index contributed by atoms with van der Waals surface area (Å²) in [7, 11) is 0. The number of benzene rings is 1. The van der Waals surface area contributed by atoms with Gasteiger partial charge in [0.2, 0.25) is 0 Å². The first-order valence-corrected chi connectivity index (χ1v) is 4.08. The normalized spacial score (nSPS) is 10.6. The van der Waals surface area contributed by atoms with Gasteiger partial charge in [-0.25, -0.2) is 14.7 Å². The fourth-order valence-corrected chi connectivity index (χ4v) is 1.18. The summed E-state index contributed by atoms with van der Waals surface area (Å²) in [4.78, 5) is 4.32. The average molecular weight is 203 g/mol. The molecule has 0 radical (unpaired) electrons. The summed E-state index contributed by atoms with van der Waals surface area (Å²) in [6.07, 6.45) is 0.337. The van der Waals surface area contributed by atoms with Gasteiger partial charge in [-0.15, -0.1) is 0 Å². The smallest absolute Gasteiger partial charge is 0.159 e. The topological polar surface area (TPSA) is 55.5 Å². The van der Waals surface area contributed by atoms with E-state index in [1.54, 1.807) is 0 Å². The third kappa shape index (κ3) is 2.47. The maximum atomic E-state index is 12.8. The second kappa shape index (κ2) is 4.99. The summed E-state index contributed by atoms with van der Waals surface area (Å²) in [5.74, 6) is 2.90. The minimum atomic E-state index is -0.966. The first-order chi connectivity index (χ1) is 6.69. The summed E-state index contributed by atoms with van der Waals surface area (Å²) in [5, 5.41) is 8.87. The van der Waals surface area contributed by atoms with Crippen molar-refractivity contribution in [1.29, 1.82) is 0 Å². The number of hydrogen-bond acceptors (Lipinski definition) is 3. The van der Waals surface area contributed by atoms with Crippen LogP contribution in [0, 0.1) is 11.6 Å². The third-order valence-corrected chi connectivity index (χ3v) is 1.90. The van der Waals surface area contributed by atoms with Crippen LogP contribution in [0.3, 0.4) is 0 Å². The van der Waals surface area contributed by atoms with Crippen molar-refractivity contribution in [3.05, 3.63) is 34.9 Å². The van der Waals surface area contributed by atoms with E-state index in [1.807, 2.05) is 0 Å². The Kier molecular flexibility index (Phi) is 3.94. The zero-order valence-corrected chi connectivity index (χ0v) is 7.46. The van der Waals surface area contributed by atoms with Gasteiger partial charge in [0.1, 0.15) is 0 Å². The molecule has 14 heavy (non-hydrogen) atoms. The highest BCUT2D eigenvalue weighted by atomic mass is 19.2. The van der Waals surface area contributed by atoms with Crippen molar-refractivity contribution in [2.24, 2.45) is 5.90 Å². The molecule has 0 amide bonds. The predicted molar refractivity (Wildman–Crippen MR) is 46.1 cm³/mol. The lowest BCUT2D eigenvalue weighted by molar-refractivity contribution is 0.140. The molecule has 0 saturated carbocycles. The summed E-state index contributed by atoms with van der Waals surface area (Å²) >= 11 is 0. The fraction of sp³-hybridized carbons (Fsp3) is 0.333. The SMILES string of the molecule is NOCCc1cc(F)c(F)cc1CO. The van der Waals surface area contributed by atoms with Crippen molar-refractivity contribution < 1.29 is 18.7 Å². The fourth-order valence-electron chi connectivity index (χ4n) is 1.18. The lowest BCUT2D eigenvalue weighted by Gasteiger charge is -2.07. The maximum absolute atomic E-state index is 12.8. The molecule has 1 aromatic rings. The van der Waals surface area contributed by atoms with Crippen LogP contribution < -0.4 is 5.90 Å². The van der Waals surface area contributed by atoms with Gasteiger partial charge in [-0.2, -0.15) is 0 Å². The van der Waals surface area contributed by atoms with Crippen molar-refractivity contribution in [2.45, 2.75) is 13.0 Å². The standard InChI is InChI=1S/C9H11F2NO2/c10-8-3-6(1-2-14-12)7(5-13)4-9(8)11/h3-4,13H,1-2,5,12H2. The molecule has 0 fully saturated rings. The lowest BCUT2D eigenvalue weighted by atomic mass is 10.1. The van der Waals surface area contributed by atoms with Crippen LogP contribution in [0.15, 0.2) is 12.1 Å². The van der Waals surface area contributed by atoms with E-state index in [0.29, 0.717) is 17.5 Å². The van der Waals surface area contributed by atoms with Crippen LogP contribution in [0.5, 0.6) is 0 Å². The highest BCUT2D eigenvalue weighted by Crippen LogP contribution is 2.15. The quantitative estimate of drug-likeness (QED) is 0.714. The summed E-state index contributed by atoms with van der Waals surface area (Å²) in [5.41, 5.74) is 0.845. The first kappa shape index (κ1) is 11.0. The Hall–Kier alpha value is -1.04. The van der Waals surface area contributed by atoms with Gasteiger partial charge in [0.15, 0.2) is 11.6 Å². The van der Waals surface area contributed by atoms with Crippen LogP contribution in [-0.4, -0.2) is 11.7 Å². The molecule has 0 aromatic heterocycles. The minimum Gasteiger partial charge on any atom is -0.392 e. The molecule has 0 aliphatic heterocycles. The minimum absolute atomic E-state index is 0.193. The first-order valence-electron chi connectivity index (χ1n) is 4.08. The zero-order valence-electron chi connectivity index (χ0n) is 7.46. The number of halogens is 2. The zero-order chi connectivity index (χ0) is 10.6. The van der Waals surface area contributed by atoms with Crippen LogP contribution in [0.1, 0.15) is 11.1 Å². The molecule has 0 atom stereocenters. The van der Waals surface area contributed by atoms with Crippen molar-refractivity contribution in [3.8, 4) is 0 Å². The van der Waals surface area contributed by atoms with Crippen LogP contribution in [0.2, 0.25) is 0 Å². The van der Waals surface area contributed by atoms with Gasteiger partial charge >= 0.3 is 0 Å². The molecule has 0 heterocycles. The third-order valence-electron chi connectivity index (χ3n) is 1.90. The molecule has 5 heteroatoms. The van der Waals surface area contributed by atoms with Crippen LogP contribution in [0.4, 0.5) is 8.78 Å². The van der Waals surface area contributed by atoms with E-state index in [0.717, 1.165) is 12.1 Å². The Balaban J connectivity index is 2.95. The van der Waals surface area contributed by atoms with Gasteiger partial charge in [-0.05, 0) is 29.7 Å². The number of rotatable bonds is 4. The molecule has 0 bridgehead atoms. The van der Waals surface area contributed by atoms with Gasteiger partial charge < -0.3 is 9.94 Å². The molecule has 0 aliphatic carbocycles. The van der Waals surface area contributed by atoms with E-state index >= 15 is 0 Å². The second-order valence-electron chi connectivity index (χ2n) is 2.81. The monoisotopic (exact) mass is 203 g/mol. The molecule has 1 rings (SSSR count). The molecule has 0 saturated heterocycles. The summed E-state index contributed by atoms with van der Waals surface area (Å²) < 4.78 is 25.5. The largest absolute Gasteiger partial charge is 0.392 e. The number of hydrogen-bond donors (Lipinski definition) is 2. The maximum Gasteiger partial charge on any atom is 0.159 e. The van der Waals surface area contributed by atoms with E-state index in [4.69, 9.17) is 11.0 Å². The van der Waals surface area contributed by atoms with Crippen LogP contribution >= 0.6 is 0 Å². The number of aliphatic hydroxyl groups is 1. The Morgan fingerprint density at radius 3 is 2.29 bits per heavy atom. The Morgan fingerprint density at radius 2 is 1.79 bits per heavy atom. The van der Waals surface area contributed by atoms with E-state index in [9.17, 15) is 8.78 Å². The van der Waals surface area contributed by atoms with Crippen LogP contribution in [0.25, 0.3) is 0 Å². The Morgan fingerprint density at radius 1 is 1.21 bits per heavy atom. The van der Waals surface area contributed by atoms with Crippen molar-refractivity contribution in [2.75, 3.05) is 6.61 Å². The molecular formula is C9H11F2NO2. The van der Waals surface area contributed by atoms with Gasteiger partial charge in [0, 0.05) is 0 Å². The van der Waals surface area contributed by atoms with E-state index < -0.39 is 11.6 Å². The molecule has 0 aliphatic rings. The molecular weight excluding hydrogens is 192 g/mol. The molecule has 3 nitrogen and oxygen atoms in total. The molecule has 3 N–H and O–H groups in total. The van der Waals surface area contributed by atoms with E-state index in [2.05, 4.69) is 4.84 Å². The average Bonchev–Trinajstić information content (AvgIpc) is 2.19. The van der Waals surface area contributed by atoms with Crippen molar-refractivity contribution >= 4 is 0 Å². The molecule has 78 valence electrons. The van der Waals surface area contributed by atoms with Crippen LogP contribution in [-0.2, 0) is 17.9 Å². The number of aliphatic hydroxyl groups excluding tert-OH is 1. The summed E-state index contributed by atoms with van der Waals surface area (Å²) in [6.45, 7) is -0.144. The van der Waals surface area contributed by atoms with Gasteiger partial charge in [-0.3, -0.25) is 0 Å². The van der Waals surface area contributed by atoms with E-state index in [1.165, 1.54) is 0 Å². The lowest BCUT2D eigenvalue weighted by Crippen LogP contribution is -2.06.